The molecule has 1 aromatic rings. The summed E-state index contributed by atoms with van der Waals surface area (Å²) in [5.74, 6) is 1.28. The average Bonchev–Trinajstić information content (AvgIpc) is 2.54. The Morgan fingerprint density at radius 3 is 2.33 bits per heavy atom. The van der Waals surface area contributed by atoms with Gasteiger partial charge in [0.25, 0.3) is 5.91 Å². The number of carbonyl (C=O) groups excluding carboxylic acids is 2. The van der Waals surface area contributed by atoms with Gasteiger partial charge < -0.3 is 15.0 Å². The minimum Gasteiger partial charge on any atom is -0.494 e. The molecule has 5 nitrogen and oxygen atoms in total. The van der Waals surface area contributed by atoms with E-state index in [-0.39, 0.29) is 23.8 Å². The van der Waals surface area contributed by atoms with Crippen LogP contribution in [0.15, 0.2) is 24.3 Å². The summed E-state index contributed by atoms with van der Waals surface area (Å²) in [5, 5.41) is 3.15. The summed E-state index contributed by atoms with van der Waals surface area (Å²) >= 11 is 0. The average molecular weight is 330 g/mol. The van der Waals surface area contributed by atoms with Gasteiger partial charge in [-0.1, -0.05) is 6.42 Å². The molecule has 0 radical (unpaired) electrons. The first-order valence-corrected chi connectivity index (χ1v) is 9.00. The molecule has 3 rings (SSSR count). The van der Waals surface area contributed by atoms with Crippen LogP contribution in [0.2, 0.25) is 0 Å². The van der Waals surface area contributed by atoms with Crippen LogP contribution in [0.5, 0.6) is 5.75 Å². The molecule has 1 aliphatic carbocycles. The Bertz CT molecular complexity index is 573. The van der Waals surface area contributed by atoms with Gasteiger partial charge in [0, 0.05) is 30.6 Å². The number of amides is 2. The SMILES string of the molecule is CCOc1ccc(C(=O)N2CCC(NC(=O)C3CCC3)CC2)cc1. The van der Waals surface area contributed by atoms with Crippen molar-refractivity contribution in [2.24, 2.45) is 5.92 Å². The predicted molar refractivity (Wildman–Crippen MR) is 92.0 cm³/mol. The van der Waals surface area contributed by atoms with Gasteiger partial charge in [0.2, 0.25) is 5.91 Å². The number of piperidine rings is 1. The number of benzene rings is 1. The zero-order chi connectivity index (χ0) is 16.9. The van der Waals surface area contributed by atoms with E-state index in [9.17, 15) is 9.59 Å². The second-order valence-corrected chi connectivity index (χ2v) is 6.66. The fraction of sp³-hybridized carbons (Fsp3) is 0.579. The molecule has 1 aromatic carbocycles. The third-order valence-electron chi connectivity index (χ3n) is 5.02. The summed E-state index contributed by atoms with van der Waals surface area (Å²) in [4.78, 5) is 26.4. The van der Waals surface area contributed by atoms with Crippen LogP contribution in [-0.4, -0.2) is 42.5 Å². The highest BCUT2D eigenvalue weighted by atomic mass is 16.5. The van der Waals surface area contributed by atoms with Gasteiger partial charge in [0.05, 0.1) is 6.61 Å². The van der Waals surface area contributed by atoms with Gasteiger partial charge in [0.1, 0.15) is 5.75 Å². The van der Waals surface area contributed by atoms with Crippen molar-refractivity contribution >= 4 is 11.8 Å². The van der Waals surface area contributed by atoms with E-state index < -0.39 is 0 Å². The molecular formula is C19H26N2O3. The Kier molecular flexibility index (Phi) is 5.38. The number of nitrogens with one attached hydrogen (secondary N) is 1. The summed E-state index contributed by atoms with van der Waals surface area (Å²) in [6.45, 7) is 3.95. The van der Waals surface area contributed by atoms with Crippen molar-refractivity contribution in [3.8, 4) is 5.75 Å². The van der Waals surface area contributed by atoms with E-state index in [2.05, 4.69) is 5.32 Å². The normalized spacial score (nSPS) is 18.8. The third kappa shape index (κ3) is 3.89. The molecule has 0 aromatic heterocycles. The summed E-state index contributed by atoms with van der Waals surface area (Å²) in [6, 6.07) is 7.52. The summed E-state index contributed by atoms with van der Waals surface area (Å²) in [7, 11) is 0. The molecule has 0 atom stereocenters. The summed E-state index contributed by atoms with van der Waals surface area (Å²) in [6.07, 6.45) is 4.90. The topological polar surface area (TPSA) is 58.6 Å². The number of nitrogens with zero attached hydrogens (tertiary/aromatic N) is 1. The van der Waals surface area contributed by atoms with Gasteiger partial charge in [-0.05, 0) is 56.9 Å². The number of carbonyl (C=O) groups is 2. The van der Waals surface area contributed by atoms with E-state index in [4.69, 9.17) is 4.74 Å². The molecule has 1 N–H and O–H groups in total. The predicted octanol–water partition coefficient (Wildman–Crippen LogP) is 2.61. The monoisotopic (exact) mass is 330 g/mol. The number of rotatable bonds is 5. The minimum absolute atomic E-state index is 0.0572. The molecule has 130 valence electrons. The first-order valence-electron chi connectivity index (χ1n) is 9.00. The fourth-order valence-electron chi connectivity index (χ4n) is 3.26. The molecule has 0 spiro atoms. The van der Waals surface area contributed by atoms with E-state index in [1.807, 2.05) is 36.1 Å². The van der Waals surface area contributed by atoms with Crippen molar-refractivity contribution in [2.45, 2.75) is 45.1 Å². The van der Waals surface area contributed by atoms with Crippen LogP contribution in [-0.2, 0) is 4.79 Å². The molecule has 5 heteroatoms. The van der Waals surface area contributed by atoms with Crippen LogP contribution in [0.4, 0.5) is 0 Å². The fourth-order valence-corrected chi connectivity index (χ4v) is 3.26. The van der Waals surface area contributed by atoms with Crippen molar-refractivity contribution in [1.29, 1.82) is 0 Å². The van der Waals surface area contributed by atoms with Crippen molar-refractivity contribution in [3.05, 3.63) is 29.8 Å². The molecule has 2 amide bonds. The van der Waals surface area contributed by atoms with Gasteiger partial charge >= 0.3 is 0 Å². The highest BCUT2D eigenvalue weighted by Crippen LogP contribution is 2.27. The van der Waals surface area contributed by atoms with Gasteiger partial charge in [0.15, 0.2) is 0 Å². The smallest absolute Gasteiger partial charge is 0.253 e. The lowest BCUT2D eigenvalue weighted by Crippen LogP contribution is -2.48. The van der Waals surface area contributed by atoms with Gasteiger partial charge in [-0.15, -0.1) is 0 Å². The lowest BCUT2D eigenvalue weighted by Gasteiger charge is -2.34. The second-order valence-electron chi connectivity index (χ2n) is 6.66. The number of likely N-dealkylation sites (tertiary alicyclic amines) is 1. The van der Waals surface area contributed by atoms with Crippen LogP contribution in [0.25, 0.3) is 0 Å². The van der Waals surface area contributed by atoms with Crippen LogP contribution in [0, 0.1) is 5.92 Å². The maximum atomic E-state index is 12.6. The van der Waals surface area contributed by atoms with Gasteiger partial charge in [-0.2, -0.15) is 0 Å². The first kappa shape index (κ1) is 16.8. The standard InChI is InChI=1S/C19H26N2O3/c1-2-24-17-8-6-15(7-9-17)19(23)21-12-10-16(11-13-21)20-18(22)14-4-3-5-14/h6-9,14,16H,2-5,10-13H2,1H3,(H,20,22). The first-order chi connectivity index (χ1) is 11.7. The lowest BCUT2D eigenvalue weighted by molar-refractivity contribution is -0.128. The third-order valence-corrected chi connectivity index (χ3v) is 5.02. The Hall–Kier alpha value is -2.04. The maximum absolute atomic E-state index is 12.6. The van der Waals surface area contributed by atoms with Crippen LogP contribution in [0.3, 0.4) is 0 Å². The van der Waals surface area contributed by atoms with Gasteiger partial charge in [-0.3, -0.25) is 9.59 Å². The van der Waals surface area contributed by atoms with E-state index in [0.717, 1.165) is 31.4 Å². The number of hydrogen-bond acceptors (Lipinski definition) is 3. The molecule has 2 aliphatic rings. The zero-order valence-electron chi connectivity index (χ0n) is 14.3. The maximum Gasteiger partial charge on any atom is 0.253 e. The van der Waals surface area contributed by atoms with E-state index in [1.54, 1.807) is 0 Å². The van der Waals surface area contributed by atoms with Crippen LogP contribution in [0.1, 0.15) is 49.4 Å². The largest absolute Gasteiger partial charge is 0.494 e. The molecular weight excluding hydrogens is 304 g/mol. The Balaban J connectivity index is 1.48. The van der Waals surface area contributed by atoms with Crippen molar-refractivity contribution < 1.29 is 14.3 Å². The molecule has 1 heterocycles. The molecule has 0 unspecified atom stereocenters. The van der Waals surface area contributed by atoms with Crippen LogP contribution >= 0.6 is 0 Å². The lowest BCUT2D eigenvalue weighted by atomic mass is 9.84. The number of ether oxygens (including phenoxy) is 1. The van der Waals surface area contributed by atoms with E-state index in [1.165, 1.54) is 6.42 Å². The van der Waals surface area contributed by atoms with E-state index >= 15 is 0 Å². The van der Waals surface area contributed by atoms with E-state index in [0.29, 0.717) is 25.3 Å². The molecule has 24 heavy (non-hydrogen) atoms. The van der Waals surface area contributed by atoms with Crippen molar-refractivity contribution in [2.75, 3.05) is 19.7 Å². The Morgan fingerprint density at radius 2 is 1.79 bits per heavy atom. The molecule has 1 saturated carbocycles. The molecule has 1 saturated heterocycles. The summed E-state index contributed by atoms with van der Waals surface area (Å²) in [5.41, 5.74) is 0.690. The zero-order valence-corrected chi connectivity index (χ0v) is 14.3. The molecule has 2 fully saturated rings. The quantitative estimate of drug-likeness (QED) is 0.903. The Morgan fingerprint density at radius 1 is 1.12 bits per heavy atom. The second kappa shape index (κ2) is 7.69. The minimum atomic E-state index is 0.0572. The number of hydrogen-bond donors (Lipinski definition) is 1. The van der Waals surface area contributed by atoms with Crippen LogP contribution < -0.4 is 10.1 Å². The summed E-state index contributed by atoms with van der Waals surface area (Å²) < 4.78 is 5.41. The highest BCUT2D eigenvalue weighted by Gasteiger charge is 2.29. The van der Waals surface area contributed by atoms with Gasteiger partial charge in [-0.25, -0.2) is 0 Å². The van der Waals surface area contributed by atoms with Crippen molar-refractivity contribution in [3.63, 3.8) is 0 Å². The highest BCUT2D eigenvalue weighted by molar-refractivity contribution is 5.94. The van der Waals surface area contributed by atoms with Crippen molar-refractivity contribution in [1.82, 2.24) is 10.2 Å². The Labute approximate surface area is 143 Å². The molecule has 0 bridgehead atoms. The molecule has 1 aliphatic heterocycles.